The number of methoxy groups -OCH3 is 1. The second-order valence-corrected chi connectivity index (χ2v) is 3.67. The summed E-state index contributed by atoms with van der Waals surface area (Å²) >= 11 is 0. The van der Waals surface area contributed by atoms with Crippen LogP contribution in [0.15, 0.2) is 0 Å². The van der Waals surface area contributed by atoms with Crippen molar-refractivity contribution in [2.45, 2.75) is 20.3 Å². The zero-order valence-electron chi connectivity index (χ0n) is 11.3. The van der Waals surface area contributed by atoms with Gasteiger partial charge in [-0.2, -0.15) is 0 Å². The Morgan fingerprint density at radius 3 is 2.41 bits per heavy atom. The zero-order chi connectivity index (χ0) is 12.9. The normalized spacial score (nSPS) is 10.5. The fourth-order valence-electron chi connectivity index (χ4n) is 1.44. The van der Waals surface area contributed by atoms with Gasteiger partial charge >= 0.3 is 0 Å². The number of nitrogens with one attached hydrogen (secondary N) is 1. The summed E-state index contributed by atoms with van der Waals surface area (Å²) in [5, 5.41) is 3.18. The molecular weight excluding hydrogens is 220 g/mol. The zero-order valence-corrected chi connectivity index (χ0v) is 11.3. The molecule has 0 rings (SSSR count). The third kappa shape index (κ3) is 9.09. The van der Waals surface area contributed by atoms with Gasteiger partial charge in [-0.15, -0.1) is 0 Å². The smallest absolute Gasteiger partial charge is 0.223 e. The van der Waals surface area contributed by atoms with E-state index in [1.54, 1.807) is 7.11 Å². The molecule has 5 heteroatoms. The van der Waals surface area contributed by atoms with E-state index in [1.165, 1.54) is 0 Å². The van der Waals surface area contributed by atoms with Gasteiger partial charge < -0.3 is 19.7 Å². The molecule has 0 aromatic rings. The van der Waals surface area contributed by atoms with Crippen LogP contribution in [-0.4, -0.2) is 63.9 Å². The molecule has 0 heterocycles. The van der Waals surface area contributed by atoms with Gasteiger partial charge in [0.2, 0.25) is 5.91 Å². The summed E-state index contributed by atoms with van der Waals surface area (Å²) in [7, 11) is 1.65. The largest absolute Gasteiger partial charge is 0.382 e. The Labute approximate surface area is 104 Å². The highest BCUT2D eigenvalue weighted by molar-refractivity contribution is 5.76. The summed E-state index contributed by atoms with van der Waals surface area (Å²) in [6.07, 6.45) is 0.555. The molecular formula is C12H26N2O3. The van der Waals surface area contributed by atoms with E-state index in [-0.39, 0.29) is 5.91 Å². The fourth-order valence-corrected chi connectivity index (χ4v) is 1.44. The summed E-state index contributed by atoms with van der Waals surface area (Å²) in [5.74, 6) is 0.211. The van der Waals surface area contributed by atoms with E-state index < -0.39 is 0 Å². The lowest BCUT2D eigenvalue weighted by Crippen LogP contribution is -2.33. The van der Waals surface area contributed by atoms with Crippen LogP contribution in [0, 0.1) is 0 Å². The molecule has 17 heavy (non-hydrogen) atoms. The van der Waals surface area contributed by atoms with Gasteiger partial charge in [-0.25, -0.2) is 0 Å². The molecule has 0 unspecified atom stereocenters. The molecule has 0 aromatic heterocycles. The molecule has 102 valence electrons. The molecule has 5 nitrogen and oxygen atoms in total. The summed E-state index contributed by atoms with van der Waals surface area (Å²) in [5.41, 5.74) is 0. The van der Waals surface area contributed by atoms with Gasteiger partial charge in [0.15, 0.2) is 0 Å². The topological polar surface area (TPSA) is 50.8 Å². The molecule has 0 aliphatic rings. The van der Waals surface area contributed by atoms with Crippen molar-refractivity contribution in [3.63, 3.8) is 0 Å². The van der Waals surface area contributed by atoms with Crippen LogP contribution in [0.5, 0.6) is 0 Å². The lowest BCUT2D eigenvalue weighted by molar-refractivity contribution is -0.130. The number of nitrogens with zero attached hydrogens (tertiary/aromatic N) is 1. The van der Waals surface area contributed by atoms with Crippen molar-refractivity contribution >= 4 is 5.91 Å². The van der Waals surface area contributed by atoms with Crippen molar-refractivity contribution in [3.8, 4) is 0 Å². The summed E-state index contributed by atoms with van der Waals surface area (Å²) in [6, 6.07) is 0. The maximum Gasteiger partial charge on any atom is 0.223 e. The summed E-state index contributed by atoms with van der Waals surface area (Å²) < 4.78 is 10.1. The van der Waals surface area contributed by atoms with Crippen LogP contribution in [0.4, 0.5) is 0 Å². The van der Waals surface area contributed by atoms with E-state index in [0.717, 1.165) is 19.6 Å². The number of amides is 1. The number of rotatable bonds is 11. The first kappa shape index (κ1) is 16.4. The van der Waals surface area contributed by atoms with E-state index in [0.29, 0.717) is 32.8 Å². The lowest BCUT2D eigenvalue weighted by atomic mass is 10.3. The van der Waals surface area contributed by atoms with Crippen LogP contribution in [0.25, 0.3) is 0 Å². The average Bonchev–Trinajstić information content (AvgIpc) is 2.34. The number of hydrogen-bond acceptors (Lipinski definition) is 4. The third-order valence-electron chi connectivity index (χ3n) is 2.49. The van der Waals surface area contributed by atoms with Crippen molar-refractivity contribution < 1.29 is 14.3 Å². The maximum absolute atomic E-state index is 11.6. The van der Waals surface area contributed by atoms with Crippen LogP contribution in [-0.2, 0) is 14.3 Å². The highest BCUT2D eigenvalue weighted by Gasteiger charge is 2.07. The van der Waals surface area contributed by atoms with Crippen LogP contribution in [0.2, 0.25) is 0 Å². The van der Waals surface area contributed by atoms with Gasteiger partial charge in [-0.1, -0.05) is 0 Å². The molecule has 0 aliphatic carbocycles. The molecule has 0 radical (unpaired) electrons. The van der Waals surface area contributed by atoms with E-state index in [9.17, 15) is 4.79 Å². The van der Waals surface area contributed by atoms with Crippen molar-refractivity contribution in [1.82, 2.24) is 10.2 Å². The quantitative estimate of drug-likeness (QED) is 0.539. The minimum atomic E-state index is 0.211. The third-order valence-corrected chi connectivity index (χ3v) is 2.49. The minimum Gasteiger partial charge on any atom is -0.382 e. The number of ether oxygens (including phenoxy) is 2. The molecule has 0 atom stereocenters. The Balaban J connectivity index is 3.30. The monoisotopic (exact) mass is 246 g/mol. The molecule has 0 aromatic carbocycles. The van der Waals surface area contributed by atoms with Crippen molar-refractivity contribution in [1.29, 1.82) is 0 Å². The molecule has 0 aliphatic heterocycles. The number of hydrogen-bond donors (Lipinski definition) is 1. The van der Waals surface area contributed by atoms with Crippen molar-refractivity contribution in [3.05, 3.63) is 0 Å². The fraction of sp³-hybridized carbons (Fsp3) is 0.917. The lowest BCUT2D eigenvalue weighted by Gasteiger charge is -2.18. The first-order chi connectivity index (χ1) is 8.26. The van der Waals surface area contributed by atoms with E-state index in [2.05, 4.69) is 5.32 Å². The summed E-state index contributed by atoms with van der Waals surface area (Å²) in [6.45, 7) is 8.96. The molecule has 0 spiro atoms. The number of carbonyl (C=O) groups excluding carboxylic acids is 1. The predicted octanol–water partition coefficient (Wildman–Crippen LogP) is 0.498. The van der Waals surface area contributed by atoms with Crippen LogP contribution < -0.4 is 5.32 Å². The first-order valence-electron chi connectivity index (χ1n) is 6.31. The summed E-state index contributed by atoms with van der Waals surface area (Å²) in [4.78, 5) is 13.5. The second kappa shape index (κ2) is 11.8. The predicted molar refractivity (Wildman–Crippen MR) is 68.1 cm³/mol. The van der Waals surface area contributed by atoms with Crippen LogP contribution in [0.1, 0.15) is 20.3 Å². The second-order valence-electron chi connectivity index (χ2n) is 3.67. The van der Waals surface area contributed by atoms with Gasteiger partial charge in [-0.05, 0) is 13.8 Å². The molecule has 0 bridgehead atoms. The minimum absolute atomic E-state index is 0.211. The Morgan fingerprint density at radius 2 is 1.82 bits per heavy atom. The van der Waals surface area contributed by atoms with Crippen molar-refractivity contribution in [2.75, 3.05) is 53.1 Å². The van der Waals surface area contributed by atoms with Gasteiger partial charge in [-0.3, -0.25) is 4.79 Å². The molecule has 0 saturated carbocycles. The van der Waals surface area contributed by atoms with E-state index in [1.807, 2.05) is 18.7 Å². The average molecular weight is 246 g/mol. The number of carbonyl (C=O) groups is 1. The van der Waals surface area contributed by atoms with Crippen LogP contribution >= 0.6 is 0 Å². The Morgan fingerprint density at radius 1 is 1.12 bits per heavy atom. The van der Waals surface area contributed by atoms with Gasteiger partial charge in [0.25, 0.3) is 0 Å². The standard InChI is InChI=1S/C12H26N2O3/c1-4-14(5-2)12(15)6-7-13-8-9-17-11-10-16-3/h13H,4-11H2,1-3H3. The molecule has 1 amide bonds. The highest BCUT2D eigenvalue weighted by atomic mass is 16.5. The molecule has 1 N–H and O–H groups in total. The Kier molecular flexibility index (Phi) is 11.4. The molecule has 0 saturated heterocycles. The van der Waals surface area contributed by atoms with E-state index >= 15 is 0 Å². The first-order valence-corrected chi connectivity index (χ1v) is 6.31. The van der Waals surface area contributed by atoms with Crippen molar-refractivity contribution in [2.24, 2.45) is 0 Å². The van der Waals surface area contributed by atoms with Gasteiger partial charge in [0.05, 0.1) is 19.8 Å². The SMILES string of the molecule is CCN(CC)C(=O)CCNCCOCCOC. The van der Waals surface area contributed by atoms with E-state index in [4.69, 9.17) is 9.47 Å². The van der Waals surface area contributed by atoms with Crippen LogP contribution in [0.3, 0.4) is 0 Å². The van der Waals surface area contributed by atoms with Gasteiger partial charge in [0, 0.05) is 39.7 Å². The van der Waals surface area contributed by atoms with Gasteiger partial charge in [0.1, 0.15) is 0 Å². The maximum atomic E-state index is 11.6. The Bertz CT molecular complexity index is 185. The molecule has 0 fully saturated rings. The highest BCUT2D eigenvalue weighted by Crippen LogP contribution is 1.92. The Hall–Kier alpha value is -0.650.